The lowest BCUT2D eigenvalue weighted by Crippen LogP contribution is -2.58. The molecular weight excluding hydrogens is 330 g/mol. The maximum Gasteiger partial charge on any atom is 0.410 e. The fourth-order valence-corrected chi connectivity index (χ4v) is 4.05. The number of rotatable bonds is 3. The Morgan fingerprint density at radius 1 is 1.35 bits per heavy atom. The molecule has 6 nitrogen and oxygen atoms in total. The summed E-state index contributed by atoms with van der Waals surface area (Å²) in [7, 11) is 1.72. The van der Waals surface area contributed by atoms with Crippen LogP contribution < -0.4 is 4.90 Å². The number of nitrogens with zero attached hydrogens (tertiary/aromatic N) is 3. The Labute approximate surface area is 156 Å². The largest absolute Gasteiger partial charge is 0.444 e. The zero-order valence-electron chi connectivity index (χ0n) is 16.8. The highest BCUT2D eigenvalue weighted by atomic mass is 16.6. The summed E-state index contributed by atoms with van der Waals surface area (Å²) in [4.78, 5) is 21.7. The van der Waals surface area contributed by atoms with E-state index in [9.17, 15) is 4.79 Å². The highest BCUT2D eigenvalue weighted by Crippen LogP contribution is 2.36. The Morgan fingerprint density at radius 2 is 2.08 bits per heavy atom. The molecule has 1 aromatic rings. The molecule has 1 amide bonds. The average Bonchev–Trinajstić information content (AvgIpc) is 2.90. The first kappa shape index (κ1) is 19.0. The van der Waals surface area contributed by atoms with Crippen LogP contribution in [0.3, 0.4) is 0 Å². The van der Waals surface area contributed by atoms with Gasteiger partial charge >= 0.3 is 6.09 Å². The van der Waals surface area contributed by atoms with Crippen LogP contribution in [0.15, 0.2) is 6.07 Å². The third-order valence-corrected chi connectivity index (χ3v) is 5.02. The summed E-state index contributed by atoms with van der Waals surface area (Å²) in [6.07, 6.45) is 1.58. The highest BCUT2D eigenvalue weighted by molar-refractivity contribution is 5.69. The number of fused-ring (bicyclic) bond motifs is 3. The smallest absolute Gasteiger partial charge is 0.410 e. The molecule has 1 fully saturated rings. The summed E-state index contributed by atoms with van der Waals surface area (Å²) in [5, 5.41) is 0. The van der Waals surface area contributed by atoms with Crippen molar-refractivity contribution in [1.29, 1.82) is 0 Å². The summed E-state index contributed by atoms with van der Waals surface area (Å²) in [5.74, 6) is 1.09. The molecule has 1 saturated heterocycles. The molecule has 0 radical (unpaired) electrons. The van der Waals surface area contributed by atoms with Gasteiger partial charge in [-0.3, -0.25) is 0 Å². The third-order valence-electron chi connectivity index (χ3n) is 5.02. The number of piperazine rings is 1. The fourth-order valence-electron chi connectivity index (χ4n) is 4.05. The van der Waals surface area contributed by atoms with Crippen LogP contribution in [-0.2, 0) is 28.9 Å². The van der Waals surface area contributed by atoms with Crippen LogP contribution in [0.25, 0.3) is 0 Å². The standard InChI is InChI=1S/C20H31N3O3/c1-7-17-15(12-25-6)8-14-9-16-11-22(19(24)26-20(3,4)5)10-13(2)23(16)18(14)21-17/h8,13,16H,7,9-12H2,1-6H3/t13-,16-/m1/s1. The van der Waals surface area contributed by atoms with Gasteiger partial charge < -0.3 is 19.3 Å². The molecule has 2 aliphatic rings. The zero-order chi connectivity index (χ0) is 19.1. The molecule has 0 unspecified atom stereocenters. The SMILES string of the molecule is CCc1nc2c(cc1COC)C[C@@H]1CN(C(=O)OC(C)(C)C)C[C@@H](C)N21. The molecule has 144 valence electrons. The number of aromatic nitrogens is 1. The number of amides is 1. The van der Waals surface area contributed by atoms with E-state index in [0.29, 0.717) is 19.7 Å². The second-order valence-corrected chi connectivity index (χ2v) is 8.36. The van der Waals surface area contributed by atoms with E-state index < -0.39 is 5.60 Å². The number of carbonyl (C=O) groups excluding carboxylic acids is 1. The molecular formula is C20H31N3O3. The number of ether oxygens (including phenoxy) is 2. The normalized spacial score (nSPS) is 22.2. The van der Waals surface area contributed by atoms with Crippen molar-refractivity contribution in [1.82, 2.24) is 9.88 Å². The van der Waals surface area contributed by atoms with Crippen LogP contribution >= 0.6 is 0 Å². The van der Waals surface area contributed by atoms with E-state index in [1.54, 1.807) is 7.11 Å². The zero-order valence-corrected chi connectivity index (χ0v) is 16.8. The first-order valence-electron chi connectivity index (χ1n) is 9.50. The van der Waals surface area contributed by atoms with Gasteiger partial charge in [0.1, 0.15) is 11.4 Å². The van der Waals surface area contributed by atoms with E-state index in [0.717, 1.165) is 24.4 Å². The molecule has 0 aromatic carbocycles. The van der Waals surface area contributed by atoms with Crippen LogP contribution in [0.5, 0.6) is 0 Å². The second kappa shape index (κ2) is 7.06. The van der Waals surface area contributed by atoms with Crippen molar-refractivity contribution < 1.29 is 14.3 Å². The maximum absolute atomic E-state index is 12.5. The molecule has 1 aromatic heterocycles. The van der Waals surface area contributed by atoms with Crippen LogP contribution in [-0.4, -0.2) is 53.9 Å². The number of pyridine rings is 1. The Morgan fingerprint density at radius 3 is 2.69 bits per heavy atom. The number of anilines is 1. The van der Waals surface area contributed by atoms with Crippen molar-refractivity contribution in [3.8, 4) is 0 Å². The molecule has 0 spiro atoms. The Bertz CT molecular complexity index is 684. The predicted molar refractivity (Wildman–Crippen MR) is 102 cm³/mol. The van der Waals surface area contributed by atoms with Crippen molar-refractivity contribution in [2.45, 2.75) is 71.8 Å². The minimum absolute atomic E-state index is 0.216. The summed E-state index contributed by atoms with van der Waals surface area (Å²) in [6, 6.07) is 2.72. The van der Waals surface area contributed by atoms with Gasteiger partial charge in [-0.15, -0.1) is 0 Å². The monoisotopic (exact) mass is 361 g/mol. The summed E-state index contributed by atoms with van der Waals surface area (Å²) in [5.41, 5.74) is 3.07. The van der Waals surface area contributed by atoms with Gasteiger partial charge in [0.05, 0.1) is 12.6 Å². The molecule has 3 rings (SSSR count). The number of hydrogen-bond donors (Lipinski definition) is 0. The molecule has 2 aliphatic heterocycles. The molecule has 26 heavy (non-hydrogen) atoms. The average molecular weight is 361 g/mol. The van der Waals surface area contributed by atoms with E-state index in [4.69, 9.17) is 14.5 Å². The lowest BCUT2D eigenvalue weighted by atomic mass is 10.1. The number of hydrogen-bond acceptors (Lipinski definition) is 5. The van der Waals surface area contributed by atoms with Gasteiger partial charge in [0.2, 0.25) is 0 Å². The van der Waals surface area contributed by atoms with Crippen molar-refractivity contribution in [2.75, 3.05) is 25.1 Å². The van der Waals surface area contributed by atoms with Crippen molar-refractivity contribution >= 4 is 11.9 Å². The molecule has 3 heterocycles. The highest BCUT2D eigenvalue weighted by Gasteiger charge is 2.41. The van der Waals surface area contributed by atoms with Gasteiger partial charge in [-0.25, -0.2) is 9.78 Å². The lowest BCUT2D eigenvalue weighted by Gasteiger charge is -2.43. The van der Waals surface area contributed by atoms with Crippen LogP contribution in [0.2, 0.25) is 0 Å². The minimum atomic E-state index is -0.470. The van der Waals surface area contributed by atoms with E-state index in [2.05, 4.69) is 24.8 Å². The van der Waals surface area contributed by atoms with Crippen LogP contribution in [0.1, 0.15) is 51.4 Å². The van der Waals surface area contributed by atoms with E-state index >= 15 is 0 Å². The van der Waals surface area contributed by atoms with Gasteiger partial charge in [0, 0.05) is 31.9 Å². The van der Waals surface area contributed by atoms with Crippen molar-refractivity contribution in [2.24, 2.45) is 0 Å². The van der Waals surface area contributed by atoms with Gasteiger partial charge in [0.15, 0.2) is 0 Å². The van der Waals surface area contributed by atoms with Gasteiger partial charge in [-0.05, 0) is 57.7 Å². The van der Waals surface area contributed by atoms with E-state index in [1.807, 2.05) is 25.7 Å². The number of carbonyl (C=O) groups is 1. The quantitative estimate of drug-likeness (QED) is 0.828. The summed E-state index contributed by atoms with van der Waals surface area (Å²) < 4.78 is 10.9. The van der Waals surface area contributed by atoms with Crippen LogP contribution in [0.4, 0.5) is 10.6 Å². The van der Waals surface area contributed by atoms with Crippen LogP contribution in [0, 0.1) is 0 Å². The van der Waals surface area contributed by atoms with Crippen molar-refractivity contribution in [3.05, 3.63) is 22.9 Å². The topological polar surface area (TPSA) is 54.9 Å². The maximum atomic E-state index is 12.5. The molecule has 0 aliphatic carbocycles. The molecule has 6 heteroatoms. The Hall–Kier alpha value is -1.82. The fraction of sp³-hybridized carbons (Fsp3) is 0.700. The summed E-state index contributed by atoms with van der Waals surface area (Å²) in [6.45, 7) is 11.9. The van der Waals surface area contributed by atoms with Gasteiger partial charge in [-0.1, -0.05) is 6.92 Å². The first-order chi connectivity index (χ1) is 12.2. The number of aryl methyl sites for hydroxylation is 1. The van der Waals surface area contributed by atoms with Gasteiger partial charge in [0.25, 0.3) is 0 Å². The van der Waals surface area contributed by atoms with E-state index in [1.165, 1.54) is 11.1 Å². The Kier molecular flexibility index (Phi) is 5.15. The van der Waals surface area contributed by atoms with Gasteiger partial charge in [-0.2, -0.15) is 0 Å². The minimum Gasteiger partial charge on any atom is -0.444 e. The molecule has 0 N–H and O–H groups in total. The van der Waals surface area contributed by atoms with Crippen molar-refractivity contribution in [3.63, 3.8) is 0 Å². The molecule has 2 atom stereocenters. The second-order valence-electron chi connectivity index (χ2n) is 8.36. The number of methoxy groups -OCH3 is 1. The lowest BCUT2D eigenvalue weighted by molar-refractivity contribution is 0.0191. The molecule has 0 bridgehead atoms. The molecule has 0 saturated carbocycles. The Balaban J connectivity index is 1.82. The first-order valence-corrected chi connectivity index (χ1v) is 9.50. The predicted octanol–water partition coefficient (Wildman–Crippen LogP) is 3.16. The van der Waals surface area contributed by atoms with E-state index in [-0.39, 0.29) is 18.2 Å². The third kappa shape index (κ3) is 3.65. The summed E-state index contributed by atoms with van der Waals surface area (Å²) >= 11 is 0.